The van der Waals surface area contributed by atoms with Gasteiger partial charge < -0.3 is 35.0 Å². The van der Waals surface area contributed by atoms with Gasteiger partial charge in [-0.15, -0.1) is 56.2 Å². The van der Waals surface area contributed by atoms with Gasteiger partial charge in [-0.05, 0) is 105 Å². The minimum absolute atomic E-state index is 0.0333. The highest BCUT2D eigenvalue weighted by molar-refractivity contribution is 7.22. The highest BCUT2D eigenvalue weighted by Crippen LogP contribution is 2.48. The number of carbonyl (C=O) groups excluding carboxylic acids is 3. The summed E-state index contributed by atoms with van der Waals surface area (Å²) in [5.74, 6) is -4.71. The second-order valence-corrected chi connectivity index (χ2v) is 22.9. The van der Waals surface area contributed by atoms with Crippen LogP contribution in [0.4, 0.5) is 62.6 Å². The van der Waals surface area contributed by atoms with Crippen molar-refractivity contribution in [2.45, 2.75) is 45.8 Å². The van der Waals surface area contributed by atoms with E-state index in [1.807, 2.05) is 4.90 Å². The molecule has 1 aliphatic rings. The largest absolute Gasteiger partial charge is 0.522 e. The molecule has 7 heterocycles. The van der Waals surface area contributed by atoms with Crippen molar-refractivity contribution in [3.8, 4) is 38.5 Å². The Morgan fingerprint density at radius 2 is 1.34 bits per heavy atom. The van der Waals surface area contributed by atoms with Gasteiger partial charge in [0.05, 0.1) is 37.8 Å². The number of benzene rings is 3. The average molecular weight is 1340 g/mol. The van der Waals surface area contributed by atoms with Gasteiger partial charge in [-0.25, -0.2) is 51.9 Å². The van der Waals surface area contributed by atoms with E-state index in [4.69, 9.17) is 14.3 Å². The molecule has 0 bridgehead atoms. The predicted molar refractivity (Wildman–Crippen MR) is 332 cm³/mol. The van der Waals surface area contributed by atoms with E-state index in [1.54, 1.807) is 45.3 Å². The van der Waals surface area contributed by atoms with Crippen molar-refractivity contribution >= 4 is 73.2 Å². The summed E-state index contributed by atoms with van der Waals surface area (Å²) in [5.41, 5.74) is 1.31. The van der Waals surface area contributed by atoms with Crippen molar-refractivity contribution in [3.05, 3.63) is 175 Å². The van der Waals surface area contributed by atoms with Gasteiger partial charge in [-0.2, -0.15) is 0 Å². The van der Waals surface area contributed by atoms with Gasteiger partial charge in [0.2, 0.25) is 18.1 Å². The Morgan fingerprint density at radius 1 is 0.702 bits per heavy atom. The lowest BCUT2D eigenvalue weighted by Gasteiger charge is -2.40. The molecule has 9 aromatic rings. The molecule has 0 spiro atoms. The minimum atomic E-state index is -4.93. The molecule has 0 saturated carbocycles. The summed E-state index contributed by atoms with van der Waals surface area (Å²) in [6, 6.07) is 19.8. The fourth-order valence-electron chi connectivity index (χ4n) is 9.92. The van der Waals surface area contributed by atoms with E-state index in [9.17, 15) is 42.3 Å². The lowest BCUT2D eigenvalue weighted by molar-refractivity contribution is -0.324. The van der Waals surface area contributed by atoms with Crippen molar-refractivity contribution in [3.63, 3.8) is 0 Å². The quantitative estimate of drug-likeness (QED) is 0.0215. The SMILES string of the molecule is CCNC(=O)Nc1ccc(-c2sc3c(c2CN(C)C)C(=O)N(c2ccc(OCCONC(=O)Nc4ccc(-c5sc6c(c5CN(C)CCOC(F)(F)F)c(=O)n(-c5ccc(OC)nn5)c(=O)n6Cc5c(F)cccc5F)cc4)nn2)C(O)N3Cc2c(F)cccc2F)cn1. The van der Waals surface area contributed by atoms with Crippen LogP contribution < -0.4 is 52.0 Å². The predicted octanol–water partition coefficient (Wildman–Crippen LogP) is 8.44. The Bertz CT molecular complexity index is 4330. The number of nitrogens with one attached hydrogen (secondary N) is 4. The first-order chi connectivity index (χ1) is 45.0. The van der Waals surface area contributed by atoms with Gasteiger partial charge >= 0.3 is 24.1 Å². The summed E-state index contributed by atoms with van der Waals surface area (Å²) in [6.45, 7) is -0.669. The van der Waals surface area contributed by atoms with Crippen LogP contribution in [0.15, 0.2) is 113 Å². The number of carbonyl (C=O) groups is 3. The van der Waals surface area contributed by atoms with Gasteiger partial charge in [-0.3, -0.25) is 33.9 Å². The molecule has 25 nitrogen and oxygen atoms in total. The minimum Gasteiger partial charge on any atom is -0.480 e. The van der Waals surface area contributed by atoms with Crippen LogP contribution >= 0.6 is 22.7 Å². The monoisotopic (exact) mass is 1340 g/mol. The van der Waals surface area contributed by atoms with E-state index in [2.05, 4.69) is 51.5 Å². The number of rotatable bonds is 24. The van der Waals surface area contributed by atoms with Crippen LogP contribution in [0.1, 0.15) is 39.5 Å². The number of urea groups is 2. The van der Waals surface area contributed by atoms with Crippen LogP contribution in [0.5, 0.6) is 11.8 Å². The number of nitrogens with zero attached hydrogens (tertiary/aromatic N) is 11. The zero-order valence-corrected chi connectivity index (χ0v) is 51.9. The molecule has 0 aliphatic carbocycles. The second-order valence-electron chi connectivity index (χ2n) is 20.9. The number of aliphatic hydroxyl groups is 1. The standard InChI is InChI=1S/C60H56F7N15O10S2/c1-6-68-56(85)71-43-18-15-33(27-69-43)51-37(28-77(2)3)48-52(83)82(58(87)79(54(48)94-51)30-35-39(61)9-7-10-40(35)62)45-20-22-47(75-73-45)90-25-26-92-76-57(86)70-34-16-13-32(14-17-34)50-38(29-78(4)23-24-91-60(65,66)67)49-53(84)81(44-19-21-46(89-5)74-72-44)59(88)80(55(49)93-50)31-36-41(63)11-8-12-42(36)64/h7-22,27,58,87H,6,23-26,28-31H2,1-5H3,(H2,70,76,86)(H2,68,69,71,85). The highest BCUT2D eigenvalue weighted by Gasteiger charge is 2.43. The molecular weight excluding hydrogens is 1290 g/mol. The number of alkyl halides is 3. The normalized spacial score (nSPS) is 13.2. The number of likely N-dealkylation sites (N-methyl/N-ethyl adjacent to an activating group) is 1. The third-order valence-electron chi connectivity index (χ3n) is 14.2. The number of anilines is 4. The van der Waals surface area contributed by atoms with Gasteiger partial charge in [0, 0.05) is 76.6 Å². The Morgan fingerprint density at radius 3 is 1.95 bits per heavy atom. The van der Waals surface area contributed by atoms with Crippen molar-refractivity contribution in [2.24, 2.45) is 0 Å². The molecule has 0 fully saturated rings. The van der Waals surface area contributed by atoms with Crippen molar-refractivity contribution in [1.82, 2.24) is 55.1 Å². The number of hydrogen-bond acceptors (Lipinski definition) is 20. The second kappa shape index (κ2) is 28.9. The molecule has 5 N–H and O–H groups in total. The van der Waals surface area contributed by atoms with Crippen molar-refractivity contribution in [1.29, 1.82) is 0 Å². The number of halogens is 7. The molecule has 1 atom stereocenters. The molecule has 1 aliphatic heterocycles. The number of thiophene rings is 2. The average Bonchev–Trinajstić information content (AvgIpc) is 1.54. The van der Waals surface area contributed by atoms with E-state index in [0.717, 1.165) is 62.5 Å². The van der Waals surface area contributed by atoms with E-state index in [1.165, 1.54) is 72.6 Å². The lowest BCUT2D eigenvalue weighted by Crippen LogP contribution is -2.55. The lowest BCUT2D eigenvalue weighted by atomic mass is 10.0. The molecule has 6 aromatic heterocycles. The molecule has 1 unspecified atom stereocenters. The topological polar surface area (TPSA) is 278 Å². The highest BCUT2D eigenvalue weighted by atomic mass is 32.1. The number of pyridine rings is 1. The van der Waals surface area contributed by atoms with Crippen LogP contribution in [0, 0.1) is 23.3 Å². The first kappa shape index (κ1) is 66.9. The number of hydroxylamine groups is 1. The molecule has 94 heavy (non-hydrogen) atoms. The summed E-state index contributed by atoms with van der Waals surface area (Å²) >= 11 is 2.00. The zero-order valence-electron chi connectivity index (χ0n) is 50.3. The molecule has 0 saturated heterocycles. The number of amides is 5. The fraction of sp³-hybridized carbons (Fsp3) is 0.267. The number of aromatic nitrogens is 7. The van der Waals surface area contributed by atoms with Crippen LogP contribution in [-0.2, 0) is 35.8 Å². The number of ether oxygens (including phenoxy) is 3. The van der Waals surface area contributed by atoms with Crippen LogP contribution in [-0.4, -0.2) is 141 Å². The third kappa shape index (κ3) is 14.9. The molecule has 5 amide bonds. The summed E-state index contributed by atoms with van der Waals surface area (Å²) < 4.78 is 117. The van der Waals surface area contributed by atoms with Gasteiger partial charge in [0.15, 0.2) is 11.6 Å². The Hall–Kier alpha value is -9.97. The number of methoxy groups -OCH3 is 1. The maximum absolute atomic E-state index is 15.3. The zero-order chi connectivity index (χ0) is 67.1. The van der Waals surface area contributed by atoms with Crippen molar-refractivity contribution < 1.29 is 69.3 Å². The summed E-state index contributed by atoms with van der Waals surface area (Å²) in [6.07, 6.45) is -5.30. The van der Waals surface area contributed by atoms with Crippen LogP contribution in [0.2, 0.25) is 0 Å². The first-order valence-corrected chi connectivity index (χ1v) is 30.0. The molecule has 10 rings (SSSR count). The van der Waals surface area contributed by atoms with Crippen LogP contribution in [0.25, 0.3) is 36.9 Å². The van der Waals surface area contributed by atoms with Gasteiger partial charge in [0.1, 0.15) is 52.1 Å². The Balaban J connectivity index is 0.838. The van der Waals surface area contributed by atoms with E-state index >= 15 is 17.6 Å². The van der Waals surface area contributed by atoms with E-state index in [-0.39, 0.29) is 99.7 Å². The molecule has 492 valence electrons. The third-order valence-corrected chi connectivity index (χ3v) is 16.8. The number of fused-ring (bicyclic) bond motifs is 2. The summed E-state index contributed by atoms with van der Waals surface area (Å²) in [7, 11) is 6.35. The van der Waals surface area contributed by atoms with Gasteiger partial charge in [0.25, 0.3) is 11.5 Å². The van der Waals surface area contributed by atoms with E-state index in [0.29, 0.717) is 37.6 Å². The molecular formula is C60H56F7N15O10S2. The smallest absolute Gasteiger partial charge is 0.480 e. The summed E-state index contributed by atoms with van der Waals surface area (Å²) in [4.78, 5) is 85.1. The maximum Gasteiger partial charge on any atom is 0.522 e. The number of hydrogen-bond donors (Lipinski definition) is 5. The molecule has 0 radical (unpaired) electrons. The molecule has 3 aromatic carbocycles. The maximum atomic E-state index is 15.3. The Kier molecular flexibility index (Phi) is 20.6. The fourth-order valence-corrected chi connectivity index (χ4v) is 12.5. The van der Waals surface area contributed by atoms with Gasteiger partial charge in [-0.1, -0.05) is 24.3 Å². The Labute approximate surface area is 536 Å². The van der Waals surface area contributed by atoms with Crippen LogP contribution in [0.3, 0.4) is 0 Å². The van der Waals surface area contributed by atoms with Crippen molar-refractivity contribution in [2.75, 3.05) is 81.6 Å². The summed E-state index contributed by atoms with van der Waals surface area (Å²) in [5, 5.41) is 36.1. The van der Waals surface area contributed by atoms with E-state index < -0.39 is 90.5 Å². The first-order valence-electron chi connectivity index (χ1n) is 28.3. The number of aliphatic hydroxyl groups excluding tert-OH is 1. The molecule has 34 heteroatoms.